The molecule has 5 nitrogen and oxygen atoms in total. The lowest BCUT2D eigenvalue weighted by atomic mass is 10.2. The summed E-state index contributed by atoms with van der Waals surface area (Å²) in [6, 6.07) is 5.60. The number of carbonyl (C=O) groups excluding carboxylic acids is 1. The summed E-state index contributed by atoms with van der Waals surface area (Å²) in [6.45, 7) is 3.85. The number of rotatable bonds is 3. The number of carbonyl (C=O) groups is 1. The fourth-order valence-electron chi connectivity index (χ4n) is 1.68. The smallest absolute Gasteiger partial charge is 0.345 e. The number of aromatic hydroxyl groups is 1. The van der Waals surface area contributed by atoms with Crippen LogP contribution in [0.3, 0.4) is 0 Å². The molecule has 1 heterocycles. The number of nitrogens with zero attached hydrogens (tertiary/aromatic N) is 2. The van der Waals surface area contributed by atoms with E-state index in [1.165, 1.54) is 10.9 Å². The molecule has 6 heteroatoms. The SMILES string of the molecule is CCOC(=O)c1cnn(-c2cc(Br)ccc2C)c1O. The van der Waals surface area contributed by atoms with Crippen LogP contribution in [0.25, 0.3) is 5.69 Å². The molecule has 100 valence electrons. The van der Waals surface area contributed by atoms with E-state index >= 15 is 0 Å². The highest BCUT2D eigenvalue weighted by Crippen LogP contribution is 2.26. The van der Waals surface area contributed by atoms with Crippen LogP contribution in [0, 0.1) is 6.92 Å². The van der Waals surface area contributed by atoms with Crippen molar-refractivity contribution in [1.82, 2.24) is 9.78 Å². The maximum Gasteiger partial charge on any atom is 0.345 e. The summed E-state index contributed by atoms with van der Waals surface area (Å²) in [4.78, 5) is 11.6. The average molecular weight is 325 g/mol. The van der Waals surface area contributed by atoms with Gasteiger partial charge in [-0.1, -0.05) is 22.0 Å². The van der Waals surface area contributed by atoms with Gasteiger partial charge in [0, 0.05) is 4.47 Å². The van der Waals surface area contributed by atoms with Gasteiger partial charge in [-0.05, 0) is 31.5 Å². The Hall–Kier alpha value is -1.82. The molecule has 0 radical (unpaired) electrons. The first kappa shape index (κ1) is 13.6. The number of aryl methyl sites for hydroxylation is 1. The third kappa shape index (κ3) is 2.63. The highest BCUT2D eigenvalue weighted by Gasteiger charge is 2.19. The highest BCUT2D eigenvalue weighted by atomic mass is 79.9. The Morgan fingerprint density at radius 1 is 1.53 bits per heavy atom. The second kappa shape index (κ2) is 5.44. The van der Waals surface area contributed by atoms with Crippen LogP contribution in [0.1, 0.15) is 22.8 Å². The van der Waals surface area contributed by atoms with Gasteiger partial charge in [0.1, 0.15) is 5.56 Å². The molecule has 0 aliphatic heterocycles. The number of esters is 1. The van der Waals surface area contributed by atoms with E-state index in [0.717, 1.165) is 10.0 Å². The van der Waals surface area contributed by atoms with Crippen molar-refractivity contribution in [2.45, 2.75) is 13.8 Å². The third-order valence-electron chi connectivity index (χ3n) is 2.64. The Morgan fingerprint density at radius 3 is 2.95 bits per heavy atom. The summed E-state index contributed by atoms with van der Waals surface area (Å²) in [7, 11) is 0. The van der Waals surface area contributed by atoms with Gasteiger partial charge in [-0.15, -0.1) is 0 Å². The summed E-state index contributed by atoms with van der Waals surface area (Å²) in [5.74, 6) is -0.807. The molecular weight excluding hydrogens is 312 g/mol. The average Bonchev–Trinajstić information content (AvgIpc) is 2.74. The molecule has 0 saturated heterocycles. The molecule has 0 unspecified atom stereocenters. The topological polar surface area (TPSA) is 64.3 Å². The fraction of sp³-hybridized carbons (Fsp3) is 0.231. The molecule has 19 heavy (non-hydrogen) atoms. The molecule has 0 aliphatic carbocycles. The van der Waals surface area contributed by atoms with E-state index in [1.807, 2.05) is 25.1 Å². The van der Waals surface area contributed by atoms with Crippen LogP contribution in [-0.4, -0.2) is 27.5 Å². The van der Waals surface area contributed by atoms with Gasteiger partial charge in [-0.25, -0.2) is 9.48 Å². The van der Waals surface area contributed by atoms with E-state index in [4.69, 9.17) is 4.74 Å². The van der Waals surface area contributed by atoms with Gasteiger partial charge in [0.25, 0.3) is 0 Å². The zero-order chi connectivity index (χ0) is 14.0. The Bertz CT molecular complexity index is 622. The first-order valence-electron chi connectivity index (χ1n) is 5.75. The van der Waals surface area contributed by atoms with Gasteiger partial charge < -0.3 is 9.84 Å². The van der Waals surface area contributed by atoms with Gasteiger partial charge >= 0.3 is 5.97 Å². The third-order valence-corrected chi connectivity index (χ3v) is 3.13. The van der Waals surface area contributed by atoms with Crippen molar-refractivity contribution in [3.05, 3.63) is 40.0 Å². The number of hydrogen-bond acceptors (Lipinski definition) is 4. The highest BCUT2D eigenvalue weighted by molar-refractivity contribution is 9.10. The monoisotopic (exact) mass is 324 g/mol. The quantitative estimate of drug-likeness (QED) is 0.882. The van der Waals surface area contributed by atoms with Crippen molar-refractivity contribution < 1.29 is 14.6 Å². The minimum absolute atomic E-state index is 0.0567. The van der Waals surface area contributed by atoms with E-state index in [-0.39, 0.29) is 18.1 Å². The molecule has 1 aromatic heterocycles. The van der Waals surface area contributed by atoms with Crippen LogP contribution in [0.5, 0.6) is 5.88 Å². The van der Waals surface area contributed by atoms with Crippen molar-refractivity contribution in [1.29, 1.82) is 0 Å². The molecule has 2 aromatic rings. The molecule has 0 aliphatic rings. The summed E-state index contributed by atoms with van der Waals surface area (Å²) < 4.78 is 7.02. The van der Waals surface area contributed by atoms with Crippen LogP contribution < -0.4 is 0 Å². The van der Waals surface area contributed by atoms with Crippen LogP contribution in [0.15, 0.2) is 28.9 Å². The largest absolute Gasteiger partial charge is 0.493 e. The molecule has 0 atom stereocenters. The van der Waals surface area contributed by atoms with Gasteiger partial charge in [0.05, 0.1) is 18.5 Å². The molecule has 0 amide bonds. The van der Waals surface area contributed by atoms with E-state index in [1.54, 1.807) is 6.92 Å². The van der Waals surface area contributed by atoms with Crippen LogP contribution >= 0.6 is 15.9 Å². The van der Waals surface area contributed by atoms with Gasteiger partial charge in [-0.2, -0.15) is 5.10 Å². The first-order chi connectivity index (χ1) is 9.04. The van der Waals surface area contributed by atoms with Crippen LogP contribution in [-0.2, 0) is 4.74 Å². The number of benzene rings is 1. The molecule has 0 spiro atoms. The molecule has 2 rings (SSSR count). The maximum absolute atomic E-state index is 11.6. The minimum atomic E-state index is -0.584. The maximum atomic E-state index is 11.6. The molecule has 1 N–H and O–H groups in total. The predicted molar refractivity (Wildman–Crippen MR) is 73.6 cm³/mol. The van der Waals surface area contributed by atoms with Crippen molar-refractivity contribution in [2.75, 3.05) is 6.61 Å². The van der Waals surface area contributed by atoms with Crippen molar-refractivity contribution >= 4 is 21.9 Å². The zero-order valence-corrected chi connectivity index (χ0v) is 12.1. The second-order valence-electron chi connectivity index (χ2n) is 3.94. The Kier molecular flexibility index (Phi) is 3.90. The summed E-state index contributed by atoms with van der Waals surface area (Å²) in [6.07, 6.45) is 1.30. The van der Waals surface area contributed by atoms with E-state index in [2.05, 4.69) is 21.0 Å². The predicted octanol–water partition coefficient (Wildman–Crippen LogP) is 2.83. The number of aromatic nitrogens is 2. The Labute approximate surface area is 118 Å². The van der Waals surface area contributed by atoms with E-state index in [9.17, 15) is 9.90 Å². The molecule has 1 aromatic carbocycles. The number of halogens is 1. The lowest BCUT2D eigenvalue weighted by molar-refractivity contribution is 0.0523. The second-order valence-corrected chi connectivity index (χ2v) is 4.86. The minimum Gasteiger partial charge on any atom is -0.493 e. The standard InChI is InChI=1S/C13H13BrN2O3/c1-3-19-13(18)10-7-15-16(12(10)17)11-6-9(14)5-4-8(11)2/h4-7,17H,3H2,1-2H3. The number of hydrogen-bond donors (Lipinski definition) is 1. The fourth-order valence-corrected chi connectivity index (χ4v) is 2.03. The molecule has 0 fully saturated rings. The Morgan fingerprint density at radius 2 is 2.26 bits per heavy atom. The lowest BCUT2D eigenvalue weighted by Crippen LogP contribution is -2.04. The summed E-state index contributed by atoms with van der Waals surface area (Å²) in [5, 5.41) is 14.1. The van der Waals surface area contributed by atoms with Crippen LogP contribution in [0.4, 0.5) is 0 Å². The lowest BCUT2D eigenvalue weighted by Gasteiger charge is -2.08. The van der Waals surface area contributed by atoms with Gasteiger partial charge in [-0.3, -0.25) is 0 Å². The van der Waals surface area contributed by atoms with E-state index < -0.39 is 5.97 Å². The first-order valence-corrected chi connectivity index (χ1v) is 6.54. The van der Waals surface area contributed by atoms with Crippen molar-refractivity contribution in [3.8, 4) is 11.6 Å². The molecule has 0 saturated carbocycles. The summed E-state index contributed by atoms with van der Waals surface area (Å²) >= 11 is 3.36. The van der Waals surface area contributed by atoms with Crippen molar-refractivity contribution in [2.24, 2.45) is 0 Å². The summed E-state index contributed by atoms with van der Waals surface area (Å²) in [5.41, 5.74) is 1.68. The Balaban J connectivity index is 2.47. The van der Waals surface area contributed by atoms with Crippen molar-refractivity contribution in [3.63, 3.8) is 0 Å². The van der Waals surface area contributed by atoms with Crippen LogP contribution in [0.2, 0.25) is 0 Å². The van der Waals surface area contributed by atoms with E-state index in [0.29, 0.717) is 5.69 Å². The number of ether oxygens (including phenoxy) is 1. The van der Waals surface area contributed by atoms with Gasteiger partial charge in [0.15, 0.2) is 0 Å². The normalized spacial score (nSPS) is 10.5. The van der Waals surface area contributed by atoms with Gasteiger partial charge in [0.2, 0.25) is 5.88 Å². The molecular formula is C13H13BrN2O3. The zero-order valence-electron chi connectivity index (χ0n) is 10.6. The molecule has 0 bridgehead atoms.